The van der Waals surface area contributed by atoms with Crippen molar-refractivity contribution in [1.82, 2.24) is 20.5 Å². The van der Waals surface area contributed by atoms with E-state index in [0.29, 0.717) is 0 Å². The number of hydrogen-bond acceptors (Lipinski definition) is 5. The van der Waals surface area contributed by atoms with E-state index in [1.54, 1.807) is 6.20 Å². The first-order valence-electron chi connectivity index (χ1n) is 8.07. The van der Waals surface area contributed by atoms with Crippen molar-refractivity contribution < 1.29 is 9.59 Å². The van der Waals surface area contributed by atoms with Gasteiger partial charge in [0.2, 0.25) is 5.91 Å². The number of carbonyl (C=O) groups excluding carboxylic acids is 2. The smallest absolute Gasteiger partial charge is 0.321 e. The zero-order valence-corrected chi connectivity index (χ0v) is 13.8. The Bertz CT molecular complexity index is 514. The Morgan fingerprint density at radius 1 is 1.26 bits per heavy atom. The minimum Gasteiger partial charge on any atom is -0.354 e. The van der Waals surface area contributed by atoms with Crippen molar-refractivity contribution in [3.63, 3.8) is 0 Å². The summed E-state index contributed by atoms with van der Waals surface area (Å²) in [6.07, 6.45) is 2.61. The van der Waals surface area contributed by atoms with E-state index in [-0.39, 0.29) is 18.5 Å². The van der Waals surface area contributed by atoms with Gasteiger partial charge in [-0.2, -0.15) is 0 Å². The minimum atomic E-state index is -0.420. The fourth-order valence-corrected chi connectivity index (χ4v) is 2.41. The monoisotopic (exact) mass is 319 g/mol. The molecule has 0 unspecified atom stereocenters. The summed E-state index contributed by atoms with van der Waals surface area (Å²) < 4.78 is 0. The number of aromatic nitrogens is 1. The summed E-state index contributed by atoms with van der Waals surface area (Å²) in [7, 11) is 0. The molecule has 0 aliphatic carbocycles. The summed E-state index contributed by atoms with van der Waals surface area (Å²) in [5.41, 5.74) is 0. The largest absolute Gasteiger partial charge is 0.354 e. The van der Waals surface area contributed by atoms with Gasteiger partial charge < -0.3 is 10.2 Å². The fraction of sp³-hybridized carbons (Fsp3) is 0.562. The highest BCUT2D eigenvalue weighted by atomic mass is 16.2. The molecular formula is C16H25N5O2. The minimum absolute atomic E-state index is 0.0599. The number of piperazine rings is 1. The SMILES string of the molecule is CC[C@@H](C)NC(=O)NC(=O)CN1CCN(c2ccccn2)CC1. The number of carbonyl (C=O) groups is 2. The third-order valence-electron chi connectivity index (χ3n) is 3.96. The third-order valence-corrected chi connectivity index (χ3v) is 3.96. The number of pyridine rings is 1. The van der Waals surface area contributed by atoms with E-state index in [9.17, 15) is 9.59 Å². The van der Waals surface area contributed by atoms with E-state index in [1.807, 2.05) is 36.9 Å². The fourth-order valence-electron chi connectivity index (χ4n) is 2.41. The number of hydrogen-bond donors (Lipinski definition) is 2. The Kier molecular flexibility index (Phi) is 6.34. The van der Waals surface area contributed by atoms with Gasteiger partial charge in [-0.05, 0) is 25.5 Å². The molecular weight excluding hydrogens is 294 g/mol. The van der Waals surface area contributed by atoms with Crippen molar-refractivity contribution >= 4 is 17.8 Å². The van der Waals surface area contributed by atoms with Gasteiger partial charge in [-0.1, -0.05) is 13.0 Å². The molecule has 1 aliphatic heterocycles. The molecule has 2 heterocycles. The maximum Gasteiger partial charge on any atom is 0.321 e. The number of urea groups is 1. The lowest BCUT2D eigenvalue weighted by Crippen LogP contribution is -2.51. The summed E-state index contributed by atoms with van der Waals surface area (Å²) in [5.74, 6) is 0.696. The summed E-state index contributed by atoms with van der Waals surface area (Å²) in [4.78, 5) is 32.1. The highest BCUT2D eigenvalue weighted by Gasteiger charge is 2.20. The molecule has 3 amide bonds. The molecule has 0 radical (unpaired) electrons. The molecule has 1 aromatic rings. The summed E-state index contributed by atoms with van der Waals surface area (Å²) >= 11 is 0. The van der Waals surface area contributed by atoms with Gasteiger partial charge in [0, 0.05) is 38.4 Å². The van der Waals surface area contributed by atoms with Gasteiger partial charge in [0.05, 0.1) is 6.54 Å². The number of amides is 3. The van der Waals surface area contributed by atoms with Crippen LogP contribution in [0.2, 0.25) is 0 Å². The van der Waals surface area contributed by atoms with Crippen LogP contribution in [-0.2, 0) is 4.79 Å². The zero-order valence-electron chi connectivity index (χ0n) is 13.8. The highest BCUT2D eigenvalue weighted by molar-refractivity contribution is 5.95. The lowest BCUT2D eigenvalue weighted by atomic mass is 10.3. The van der Waals surface area contributed by atoms with Gasteiger partial charge in [-0.25, -0.2) is 9.78 Å². The lowest BCUT2D eigenvalue weighted by molar-refractivity contribution is -0.121. The number of imide groups is 1. The van der Waals surface area contributed by atoms with E-state index < -0.39 is 6.03 Å². The number of rotatable bonds is 5. The molecule has 0 aromatic carbocycles. The molecule has 1 aliphatic rings. The topological polar surface area (TPSA) is 77.6 Å². The van der Waals surface area contributed by atoms with Crippen LogP contribution in [0, 0.1) is 0 Å². The lowest BCUT2D eigenvalue weighted by Gasteiger charge is -2.34. The standard InChI is InChI=1S/C16H25N5O2/c1-3-13(2)18-16(23)19-15(22)12-20-8-10-21(11-9-20)14-6-4-5-7-17-14/h4-7,13H,3,8-12H2,1-2H3,(H2,18,19,22,23)/t13-/m1/s1. The van der Waals surface area contributed by atoms with E-state index in [2.05, 4.69) is 20.5 Å². The predicted molar refractivity (Wildman–Crippen MR) is 89.3 cm³/mol. The number of nitrogens with one attached hydrogen (secondary N) is 2. The first kappa shape index (κ1) is 17.2. The van der Waals surface area contributed by atoms with Gasteiger partial charge in [-0.3, -0.25) is 15.0 Å². The molecule has 2 rings (SSSR count). The van der Waals surface area contributed by atoms with Gasteiger partial charge in [-0.15, -0.1) is 0 Å². The Balaban J connectivity index is 1.71. The van der Waals surface area contributed by atoms with Crippen molar-refractivity contribution in [2.45, 2.75) is 26.3 Å². The van der Waals surface area contributed by atoms with Crippen LogP contribution in [0.4, 0.5) is 10.6 Å². The van der Waals surface area contributed by atoms with Crippen molar-refractivity contribution in [1.29, 1.82) is 0 Å². The summed E-state index contributed by atoms with van der Waals surface area (Å²) in [6, 6.07) is 5.50. The van der Waals surface area contributed by atoms with E-state index in [0.717, 1.165) is 38.4 Å². The average molecular weight is 319 g/mol. The van der Waals surface area contributed by atoms with Gasteiger partial charge in [0.1, 0.15) is 5.82 Å². The van der Waals surface area contributed by atoms with Gasteiger partial charge in [0.15, 0.2) is 0 Å². The predicted octanol–water partition coefficient (Wildman–Crippen LogP) is 0.828. The Morgan fingerprint density at radius 2 is 2.00 bits per heavy atom. The number of nitrogens with zero attached hydrogens (tertiary/aromatic N) is 3. The van der Waals surface area contributed by atoms with Crippen molar-refractivity contribution in [2.75, 3.05) is 37.6 Å². The second kappa shape index (κ2) is 8.47. The average Bonchev–Trinajstić information content (AvgIpc) is 2.56. The van der Waals surface area contributed by atoms with E-state index in [4.69, 9.17) is 0 Å². The van der Waals surface area contributed by atoms with Gasteiger partial charge in [0.25, 0.3) is 0 Å². The molecule has 1 atom stereocenters. The first-order valence-corrected chi connectivity index (χ1v) is 8.07. The normalized spacial score (nSPS) is 16.7. The van der Waals surface area contributed by atoms with Crippen LogP contribution in [-0.4, -0.2) is 60.6 Å². The van der Waals surface area contributed by atoms with Crippen LogP contribution in [0.5, 0.6) is 0 Å². The van der Waals surface area contributed by atoms with Crippen molar-refractivity contribution in [2.24, 2.45) is 0 Å². The van der Waals surface area contributed by atoms with Crippen LogP contribution in [0.25, 0.3) is 0 Å². The highest BCUT2D eigenvalue weighted by Crippen LogP contribution is 2.12. The molecule has 1 fully saturated rings. The zero-order chi connectivity index (χ0) is 16.7. The third kappa shape index (κ3) is 5.52. The van der Waals surface area contributed by atoms with Crippen LogP contribution in [0.1, 0.15) is 20.3 Å². The molecule has 0 spiro atoms. The number of anilines is 1. The van der Waals surface area contributed by atoms with Crippen LogP contribution in [0.3, 0.4) is 0 Å². The molecule has 7 nitrogen and oxygen atoms in total. The molecule has 1 aromatic heterocycles. The summed E-state index contributed by atoms with van der Waals surface area (Å²) in [5, 5.41) is 5.10. The van der Waals surface area contributed by atoms with Crippen molar-refractivity contribution in [3.8, 4) is 0 Å². The maximum atomic E-state index is 11.9. The molecule has 0 saturated carbocycles. The molecule has 2 N–H and O–H groups in total. The quantitative estimate of drug-likeness (QED) is 0.840. The van der Waals surface area contributed by atoms with E-state index in [1.165, 1.54) is 0 Å². The van der Waals surface area contributed by atoms with Gasteiger partial charge >= 0.3 is 6.03 Å². The first-order chi connectivity index (χ1) is 11.1. The van der Waals surface area contributed by atoms with Crippen LogP contribution < -0.4 is 15.5 Å². The van der Waals surface area contributed by atoms with E-state index >= 15 is 0 Å². The Labute approximate surface area is 137 Å². The summed E-state index contributed by atoms with van der Waals surface area (Å²) in [6.45, 7) is 7.32. The maximum absolute atomic E-state index is 11.9. The molecule has 1 saturated heterocycles. The molecule has 126 valence electrons. The Hall–Kier alpha value is -2.15. The molecule has 7 heteroatoms. The molecule has 0 bridgehead atoms. The van der Waals surface area contributed by atoms with Crippen LogP contribution in [0.15, 0.2) is 24.4 Å². The second-order valence-corrected chi connectivity index (χ2v) is 5.78. The second-order valence-electron chi connectivity index (χ2n) is 5.78. The van der Waals surface area contributed by atoms with Crippen molar-refractivity contribution in [3.05, 3.63) is 24.4 Å². The van der Waals surface area contributed by atoms with Crippen LogP contribution >= 0.6 is 0 Å². The molecule has 23 heavy (non-hydrogen) atoms. The Morgan fingerprint density at radius 3 is 2.61 bits per heavy atom.